The lowest BCUT2D eigenvalue weighted by Gasteiger charge is -2.26. The highest BCUT2D eigenvalue weighted by molar-refractivity contribution is 6.51. The maximum absolute atomic E-state index is 13.4. The zero-order valence-corrected chi connectivity index (χ0v) is 19.9. The van der Waals surface area contributed by atoms with Gasteiger partial charge in [-0.2, -0.15) is 0 Å². The van der Waals surface area contributed by atoms with Crippen LogP contribution >= 0.6 is 0 Å². The van der Waals surface area contributed by atoms with Gasteiger partial charge in [-0.05, 0) is 55.7 Å². The molecule has 1 saturated heterocycles. The Labute approximate surface area is 204 Å². The van der Waals surface area contributed by atoms with Gasteiger partial charge in [-0.3, -0.25) is 14.5 Å². The summed E-state index contributed by atoms with van der Waals surface area (Å²) in [5, 5.41) is 11.4. The van der Waals surface area contributed by atoms with E-state index in [2.05, 4.69) is 0 Å². The third kappa shape index (κ3) is 4.60. The number of esters is 1. The molecule has 6 heteroatoms. The number of aliphatic hydroxyl groups excluding tert-OH is 1. The number of carbonyl (C=O) groups excluding carboxylic acids is 3. The van der Waals surface area contributed by atoms with Crippen LogP contribution in [0.2, 0.25) is 0 Å². The van der Waals surface area contributed by atoms with E-state index in [-0.39, 0.29) is 23.5 Å². The molecular weight excluding hydrogens is 442 g/mol. The minimum atomic E-state index is -0.863. The molecule has 0 spiro atoms. The van der Waals surface area contributed by atoms with E-state index in [1.807, 2.05) is 51.1 Å². The fourth-order valence-electron chi connectivity index (χ4n) is 4.25. The molecule has 0 aliphatic carbocycles. The number of benzene rings is 3. The van der Waals surface area contributed by atoms with E-state index in [1.165, 1.54) is 11.0 Å². The van der Waals surface area contributed by atoms with Crippen LogP contribution in [-0.4, -0.2) is 29.4 Å². The summed E-state index contributed by atoms with van der Waals surface area (Å²) in [6.45, 7) is 5.92. The van der Waals surface area contributed by atoms with Crippen LogP contribution in [0.4, 0.5) is 5.69 Å². The Morgan fingerprint density at radius 3 is 2.43 bits per heavy atom. The number of amides is 1. The zero-order chi connectivity index (χ0) is 25.1. The third-order valence-corrected chi connectivity index (χ3v) is 6.01. The zero-order valence-electron chi connectivity index (χ0n) is 19.9. The first kappa shape index (κ1) is 24.0. The van der Waals surface area contributed by atoms with Crippen LogP contribution < -0.4 is 4.90 Å². The lowest BCUT2D eigenvalue weighted by molar-refractivity contribution is -0.132. The molecule has 178 valence electrons. The summed E-state index contributed by atoms with van der Waals surface area (Å²) in [5.41, 5.74) is 3.52. The van der Waals surface area contributed by atoms with Crippen LogP contribution in [0.3, 0.4) is 0 Å². The highest BCUT2D eigenvalue weighted by Gasteiger charge is 2.47. The van der Waals surface area contributed by atoms with Gasteiger partial charge in [0.1, 0.15) is 5.76 Å². The van der Waals surface area contributed by atoms with Crippen molar-refractivity contribution in [1.82, 2.24) is 0 Å². The minimum Gasteiger partial charge on any atom is -0.507 e. The summed E-state index contributed by atoms with van der Waals surface area (Å²) in [4.78, 5) is 40.5. The third-order valence-electron chi connectivity index (χ3n) is 6.01. The van der Waals surface area contributed by atoms with E-state index in [9.17, 15) is 19.5 Å². The number of nitrogens with zero attached hydrogens (tertiary/aromatic N) is 1. The topological polar surface area (TPSA) is 83.9 Å². The van der Waals surface area contributed by atoms with E-state index in [0.717, 1.165) is 11.1 Å². The summed E-state index contributed by atoms with van der Waals surface area (Å²) in [6.07, 6.45) is 0.687. The molecule has 6 nitrogen and oxygen atoms in total. The average molecular weight is 470 g/mol. The summed E-state index contributed by atoms with van der Waals surface area (Å²) in [7, 11) is 0. The van der Waals surface area contributed by atoms with E-state index in [0.29, 0.717) is 23.2 Å². The van der Waals surface area contributed by atoms with Crippen LogP contribution in [0.5, 0.6) is 0 Å². The van der Waals surface area contributed by atoms with E-state index in [1.54, 1.807) is 36.4 Å². The molecule has 1 atom stereocenters. The lowest BCUT2D eigenvalue weighted by atomic mass is 9.93. The minimum absolute atomic E-state index is 0.00821. The fraction of sp³-hybridized carbons (Fsp3) is 0.207. The second kappa shape index (κ2) is 9.97. The number of aliphatic hydroxyl groups is 1. The Hall–Kier alpha value is -4.19. The van der Waals surface area contributed by atoms with Gasteiger partial charge in [-0.25, -0.2) is 4.79 Å². The van der Waals surface area contributed by atoms with Crippen LogP contribution in [-0.2, 0) is 14.3 Å². The number of rotatable bonds is 6. The van der Waals surface area contributed by atoms with Gasteiger partial charge < -0.3 is 9.84 Å². The van der Waals surface area contributed by atoms with Gasteiger partial charge in [-0.1, -0.05) is 61.0 Å². The predicted molar refractivity (Wildman–Crippen MR) is 134 cm³/mol. The Morgan fingerprint density at radius 2 is 1.71 bits per heavy atom. The molecule has 3 aromatic rings. The molecule has 3 aromatic carbocycles. The quantitative estimate of drug-likeness (QED) is 0.223. The van der Waals surface area contributed by atoms with E-state index >= 15 is 0 Å². The van der Waals surface area contributed by atoms with Crippen molar-refractivity contribution in [2.24, 2.45) is 0 Å². The molecule has 1 heterocycles. The van der Waals surface area contributed by atoms with Crippen LogP contribution in [0.15, 0.2) is 78.4 Å². The van der Waals surface area contributed by atoms with Gasteiger partial charge in [0.05, 0.1) is 23.8 Å². The number of hydrogen-bond acceptors (Lipinski definition) is 5. The molecule has 0 radical (unpaired) electrons. The summed E-state index contributed by atoms with van der Waals surface area (Å²) < 4.78 is 5.24. The Bertz CT molecular complexity index is 1330. The number of ketones is 1. The molecule has 1 N–H and O–H groups in total. The number of hydrogen-bond donors (Lipinski definition) is 1. The maximum atomic E-state index is 13.4. The van der Waals surface area contributed by atoms with Crippen molar-refractivity contribution in [2.75, 3.05) is 11.5 Å². The molecule has 1 aliphatic heterocycles. The normalized spacial score (nSPS) is 17.0. The summed E-state index contributed by atoms with van der Waals surface area (Å²) in [6, 6.07) is 20.2. The Kier molecular flexibility index (Phi) is 6.82. The summed E-state index contributed by atoms with van der Waals surface area (Å²) in [5.74, 6) is -2.28. The van der Waals surface area contributed by atoms with Crippen molar-refractivity contribution in [3.8, 4) is 0 Å². The molecule has 0 bridgehead atoms. The Balaban J connectivity index is 1.89. The highest BCUT2D eigenvalue weighted by Crippen LogP contribution is 2.42. The standard InChI is InChI=1S/C29H27NO5/c1-4-15-35-29(34)21-11-8-12-22(17-21)30-25(20-9-6-5-7-10-20)24(27(32)28(30)33)26(31)23-16-18(2)13-14-19(23)3/h5-14,16-17,25,31H,4,15H2,1-3H3/b26-24+. The number of Topliss-reactive ketones (excluding diaryl/α,β-unsaturated/α-hetero) is 1. The molecular formula is C29H27NO5. The molecule has 1 fully saturated rings. The molecule has 1 amide bonds. The Morgan fingerprint density at radius 1 is 0.971 bits per heavy atom. The number of aryl methyl sites for hydroxylation is 2. The van der Waals surface area contributed by atoms with Gasteiger partial charge in [0.25, 0.3) is 11.7 Å². The number of ether oxygens (including phenoxy) is 1. The molecule has 4 rings (SSSR count). The molecule has 1 unspecified atom stereocenters. The first-order valence-electron chi connectivity index (χ1n) is 11.5. The fourth-order valence-corrected chi connectivity index (χ4v) is 4.25. The molecule has 0 aromatic heterocycles. The first-order valence-corrected chi connectivity index (χ1v) is 11.5. The van der Waals surface area contributed by atoms with E-state index < -0.39 is 23.7 Å². The lowest BCUT2D eigenvalue weighted by Crippen LogP contribution is -2.29. The van der Waals surface area contributed by atoms with Crippen LogP contribution in [0.1, 0.15) is 52.0 Å². The summed E-state index contributed by atoms with van der Waals surface area (Å²) >= 11 is 0. The largest absolute Gasteiger partial charge is 0.507 e. The second-order valence-corrected chi connectivity index (χ2v) is 8.58. The van der Waals surface area contributed by atoms with Crippen molar-refractivity contribution in [1.29, 1.82) is 0 Å². The van der Waals surface area contributed by atoms with Crippen molar-refractivity contribution in [3.05, 3.63) is 106 Å². The van der Waals surface area contributed by atoms with Gasteiger partial charge in [0, 0.05) is 11.3 Å². The number of carbonyl (C=O) groups is 3. The molecule has 1 aliphatic rings. The number of anilines is 1. The monoisotopic (exact) mass is 469 g/mol. The molecule has 0 saturated carbocycles. The smallest absolute Gasteiger partial charge is 0.338 e. The van der Waals surface area contributed by atoms with Crippen LogP contribution in [0.25, 0.3) is 5.76 Å². The maximum Gasteiger partial charge on any atom is 0.338 e. The van der Waals surface area contributed by atoms with Crippen molar-refractivity contribution in [3.63, 3.8) is 0 Å². The first-order chi connectivity index (χ1) is 16.8. The second-order valence-electron chi connectivity index (χ2n) is 8.58. The molecule has 35 heavy (non-hydrogen) atoms. The average Bonchev–Trinajstić information content (AvgIpc) is 3.14. The van der Waals surface area contributed by atoms with Gasteiger partial charge >= 0.3 is 5.97 Å². The van der Waals surface area contributed by atoms with Gasteiger partial charge in [-0.15, -0.1) is 0 Å². The van der Waals surface area contributed by atoms with Crippen molar-refractivity contribution < 1.29 is 24.2 Å². The SMILES string of the molecule is CCCOC(=O)c1cccc(N2C(=O)C(=O)/C(=C(/O)c3cc(C)ccc3C)C2c2ccccc2)c1. The van der Waals surface area contributed by atoms with Crippen LogP contribution in [0, 0.1) is 13.8 Å². The predicted octanol–water partition coefficient (Wildman–Crippen LogP) is 5.50. The van der Waals surface area contributed by atoms with Crippen molar-refractivity contribution >= 4 is 29.1 Å². The highest BCUT2D eigenvalue weighted by atomic mass is 16.5. The van der Waals surface area contributed by atoms with Gasteiger partial charge in [0.15, 0.2) is 0 Å². The van der Waals surface area contributed by atoms with Gasteiger partial charge in [0.2, 0.25) is 0 Å². The van der Waals surface area contributed by atoms with E-state index in [4.69, 9.17) is 4.74 Å². The van der Waals surface area contributed by atoms with Crippen molar-refractivity contribution in [2.45, 2.75) is 33.2 Å².